The minimum Gasteiger partial charge on any atom is -0.475 e. The van der Waals surface area contributed by atoms with Crippen molar-refractivity contribution in [2.45, 2.75) is 18.1 Å². The molecule has 0 aliphatic heterocycles. The van der Waals surface area contributed by atoms with Crippen LogP contribution in [0.25, 0.3) is 11.3 Å². The van der Waals surface area contributed by atoms with Gasteiger partial charge in [-0.15, -0.1) is 0 Å². The lowest BCUT2D eigenvalue weighted by Gasteiger charge is -2.15. The van der Waals surface area contributed by atoms with Crippen LogP contribution < -0.4 is 10.5 Å². The van der Waals surface area contributed by atoms with E-state index in [-0.39, 0.29) is 5.89 Å². The molecule has 0 bridgehead atoms. The number of aryl methyl sites for hydroxylation is 1. The summed E-state index contributed by atoms with van der Waals surface area (Å²) < 4.78 is 39.2. The van der Waals surface area contributed by atoms with E-state index in [9.17, 15) is 18.7 Å². The Hall–Kier alpha value is -2.91. The van der Waals surface area contributed by atoms with Gasteiger partial charge in [0.05, 0.1) is 6.61 Å². The quantitative estimate of drug-likeness (QED) is 0.563. The highest BCUT2D eigenvalue weighted by Crippen LogP contribution is 2.34. The minimum absolute atomic E-state index is 0.0109. The lowest BCUT2D eigenvalue weighted by atomic mass is 10.1. The third-order valence-corrected chi connectivity index (χ3v) is 4.78. The summed E-state index contributed by atoms with van der Waals surface area (Å²) in [4.78, 5) is 15.7. The van der Waals surface area contributed by atoms with E-state index < -0.39 is 41.6 Å². The van der Waals surface area contributed by atoms with Crippen LogP contribution in [0.2, 0.25) is 0 Å². The molecule has 0 radical (unpaired) electrons. The third-order valence-electron chi connectivity index (χ3n) is 4.14. The predicted molar refractivity (Wildman–Crippen MR) is 104 cm³/mol. The lowest BCUT2D eigenvalue weighted by Crippen LogP contribution is -2.18. The number of amides is 1. The molecule has 0 aliphatic rings. The number of halogens is 2. The highest BCUT2D eigenvalue weighted by Gasteiger charge is 2.26. The Bertz CT molecular complexity index is 1040. The highest BCUT2D eigenvalue weighted by molar-refractivity contribution is 7.98. The van der Waals surface area contributed by atoms with E-state index in [2.05, 4.69) is 4.98 Å². The van der Waals surface area contributed by atoms with Crippen LogP contribution >= 0.6 is 11.8 Å². The molecule has 0 saturated heterocycles. The van der Waals surface area contributed by atoms with Crippen LogP contribution in [0.4, 0.5) is 8.78 Å². The largest absolute Gasteiger partial charge is 0.475 e. The van der Waals surface area contributed by atoms with E-state index >= 15 is 0 Å². The lowest BCUT2D eigenvalue weighted by molar-refractivity contribution is 0.0859. The number of hydrogen-bond donors (Lipinski definition) is 2. The molecule has 1 aromatic heterocycles. The first kappa shape index (κ1) is 20.8. The fourth-order valence-electron chi connectivity index (χ4n) is 2.66. The molecule has 3 rings (SSSR count). The number of nitrogens with zero attached hydrogens (tertiary/aromatic N) is 1. The maximum atomic E-state index is 14.4. The van der Waals surface area contributed by atoms with Gasteiger partial charge in [-0.1, -0.05) is 41.6 Å². The molecule has 0 saturated carbocycles. The zero-order valence-electron chi connectivity index (χ0n) is 15.6. The van der Waals surface area contributed by atoms with Gasteiger partial charge >= 0.3 is 0 Å². The van der Waals surface area contributed by atoms with Crippen molar-refractivity contribution < 1.29 is 27.8 Å². The zero-order valence-corrected chi connectivity index (χ0v) is 16.4. The number of ether oxygens (including phenoxy) is 1. The topological polar surface area (TPSA) is 98.6 Å². The Morgan fingerprint density at radius 3 is 2.55 bits per heavy atom. The van der Waals surface area contributed by atoms with E-state index in [1.165, 1.54) is 11.8 Å². The molecular weight excluding hydrogens is 402 g/mol. The van der Waals surface area contributed by atoms with Crippen LogP contribution in [0.3, 0.4) is 0 Å². The van der Waals surface area contributed by atoms with Crippen LogP contribution in [0.1, 0.15) is 27.9 Å². The smallest absolute Gasteiger partial charge is 0.254 e. The van der Waals surface area contributed by atoms with Gasteiger partial charge in [0, 0.05) is 5.56 Å². The number of aliphatic hydroxyl groups is 1. The van der Waals surface area contributed by atoms with Crippen molar-refractivity contribution in [2.75, 3.05) is 12.9 Å². The summed E-state index contributed by atoms with van der Waals surface area (Å²) in [5.74, 6) is -4.08. The van der Waals surface area contributed by atoms with Crippen LogP contribution in [0, 0.1) is 18.6 Å². The summed E-state index contributed by atoms with van der Waals surface area (Å²) >= 11 is 1.31. The fourth-order valence-corrected chi connectivity index (χ4v) is 3.19. The normalized spacial score (nSPS) is 12.0. The molecule has 3 aromatic rings. The standard InChI is InChI=1S/C20H18F2N2O4S/c1-10-3-5-11(6-4-10)17-20(29-2)28-19(24-17)14(9-25)27-13-8-7-12(21)15(16(13)22)18(23)26/h3-8,14,25H,9H2,1-2H3,(H2,23,26). The van der Waals surface area contributed by atoms with Crippen molar-refractivity contribution in [3.8, 4) is 17.0 Å². The van der Waals surface area contributed by atoms with Crippen LogP contribution in [0.5, 0.6) is 5.75 Å². The number of oxazole rings is 1. The molecule has 2 aromatic carbocycles. The summed E-state index contributed by atoms with van der Waals surface area (Å²) in [6.07, 6.45) is 0.621. The second-order valence-corrected chi connectivity index (χ2v) is 6.93. The Balaban J connectivity index is 1.96. The van der Waals surface area contributed by atoms with Crippen LogP contribution in [-0.4, -0.2) is 28.9 Å². The second-order valence-electron chi connectivity index (χ2n) is 6.15. The van der Waals surface area contributed by atoms with Gasteiger partial charge in [-0.3, -0.25) is 4.79 Å². The number of carbonyl (C=O) groups excluding carboxylic acids is 1. The number of aromatic nitrogens is 1. The molecule has 6 nitrogen and oxygen atoms in total. The molecule has 0 spiro atoms. The molecule has 29 heavy (non-hydrogen) atoms. The number of thioether (sulfide) groups is 1. The second kappa shape index (κ2) is 8.62. The van der Waals surface area contributed by atoms with Gasteiger partial charge < -0.3 is 20.0 Å². The third kappa shape index (κ3) is 4.25. The van der Waals surface area contributed by atoms with E-state index in [1.807, 2.05) is 31.2 Å². The number of nitrogens with two attached hydrogens (primary N) is 1. The Morgan fingerprint density at radius 1 is 1.28 bits per heavy atom. The molecular formula is C20H18F2N2O4S. The summed E-state index contributed by atoms with van der Waals surface area (Å²) in [6, 6.07) is 9.46. The summed E-state index contributed by atoms with van der Waals surface area (Å²) in [6.45, 7) is 1.37. The first-order valence-corrected chi connectivity index (χ1v) is 9.75. The molecule has 9 heteroatoms. The average molecular weight is 420 g/mol. The summed E-state index contributed by atoms with van der Waals surface area (Å²) in [5, 5.41) is 10.2. The van der Waals surface area contributed by atoms with Crippen LogP contribution in [-0.2, 0) is 0 Å². The monoisotopic (exact) mass is 420 g/mol. The Morgan fingerprint density at radius 2 is 1.97 bits per heavy atom. The van der Waals surface area contributed by atoms with Crippen molar-refractivity contribution in [1.82, 2.24) is 4.98 Å². The van der Waals surface area contributed by atoms with E-state index in [0.717, 1.165) is 23.3 Å². The fraction of sp³-hybridized carbons (Fsp3) is 0.200. The molecule has 1 atom stereocenters. The average Bonchev–Trinajstić information content (AvgIpc) is 3.12. The number of benzene rings is 2. The van der Waals surface area contributed by atoms with Gasteiger partial charge in [0.25, 0.3) is 5.91 Å². The van der Waals surface area contributed by atoms with Crippen molar-refractivity contribution >= 4 is 17.7 Å². The molecule has 1 heterocycles. The molecule has 0 fully saturated rings. The van der Waals surface area contributed by atoms with Crippen molar-refractivity contribution in [2.24, 2.45) is 5.73 Å². The zero-order chi connectivity index (χ0) is 21.1. The summed E-state index contributed by atoms with van der Waals surface area (Å²) in [7, 11) is 0. The van der Waals surface area contributed by atoms with Crippen molar-refractivity contribution in [1.29, 1.82) is 0 Å². The van der Waals surface area contributed by atoms with Gasteiger partial charge in [-0.2, -0.15) is 0 Å². The number of rotatable bonds is 7. The number of aliphatic hydroxyl groups excluding tert-OH is 1. The van der Waals surface area contributed by atoms with Crippen molar-refractivity contribution in [3.63, 3.8) is 0 Å². The number of primary amides is 1. The first-order valence-electron chi connectivity index (χ1n) is 8.52. The molecule has 152 valence electrons. The van der Waals surface area contributed by atoms with E-state index in [0.29, 0.717) is 10.8 Å². The summed E-state index contributed by atoms with van der Waals surface area (Å²) in [5.41, 5.74) is 6.53. The number of carbonyl (C=O) groups is 1. The van der Waals surface area contributed by atoms with E-state index in [1.54, 1.807) is 6.26 Å². The molecule has 0 aliphatic carbocycles. The maximum absolute atomic E-state index is 14.4. The van der Waals surface area contributed by atoms with Gasteiger partial charge in [-0.05, 0) is 25.3 Å². The van der Waals surface area contributed by atoms with Crippen molar-refractivity contribution in [3.05, 3.63) is 65.1 Å². The highest BCUT2D eigenvalue weighted by atomic mass is 32.2. The number of hydrogen-bond acceptors (Lipinski definition) is 6. The van der Waals surface area contributed by atoms with E-state index in [4.69, 9.17) is 14.9 Å². The molecule has 3 N–H and O–H groups in total. The predicted octanol–water partition coefficient (Wildman–Crippen LogP) is 3.86. The minimum atomic E-state index is -1.27. The molecule has 1 unspecified atom stereocenters. The molecule has 1 amide bonds. The van der Waals surface area contributed by atoms with Gasteiger partial charge in [0.15, 0.2) is 22.8 Å². The maximum Gasteiger partial charge on any atom is 0.254 e. The van der Waals surface area contributed by atoms with Crippen LogP contribution in [0.15, 0.2) is 45.9 Å². The SMILES string of the molecule is CSc1oc(C(CO)Oc2ccc(F)c(C(N)=O)c2F)nc1-c1ccc(C)cc1. The van der Waals surface area contributed by atoms with Gasteiger partial charge in [0.1, 0.15) is 17.1 Å². The first-order chi connectivity index (χ1) is 13.8. The van der Waals surface area contributed by atoms with Gasteiger partial charge in [0.2, 0.25) is 5.89 Å². The van der Waals surface area contributed by atoms with Gasteiger partial charge in [-0.25, -0.2) is 13.8 Å². The Labute approximate surface area is 169 Å². The Kier molecular flexibility index (Phi) is 6.19.